The van der Waals surface area contributed by atoms with Gasteiger partial charge in [-0.15, -0.1) is 0 Å². The van der Waals surface area contributed by atoms with Crippen molar-refractivity contribution in [1.82, 2.24) is 10.6 Å². The summed E-state index contributed by atoms with van der Waals surface area (Å²) in [5, 5.41) is 13.6. The fourth-order valence-corrected chi connectivity index (χ4v) is 3.18. The van der Waals surface area contributed by atoms with Crippen LogP contribution in [0, 0.1) is 5.92 Å². The van der Waals surface area contributed by atoms with Crippen LogP contribution in [0.3, 0.4) is 0 Å². The monoisotopic (exact) mass is 405 g/mol. The van der Waals surface area contributed by atoms with Crippen molar-refractivity contribution in [2.45, 2.75) is 25.8 Å². The largest absolute Gasteiger partial charge is 0.486 e. The molecule has 10 heteroatoms. The molecule has 0 bridgehead atoms. The molecule has 1 aromatic carbocycles. The summed E-state index contributed by atoms with van der Waals surface area (Å²) in [5.41, 5.74) is 0.619. The summed E-state index contributed by atoms with van der Waals surface area (Å²) in [6, 6.07) is 4.35. The number of aliphatic carboxylic acids is 1. The quantitative estimate of drug-likeness (QED) is 0.577. The SMILES string of the molecule is CC(NC(=O)C1CC(=O)N(c2ccc3c(c2)OCCO3)C1)C(=O)NCCC(=O)O. The summed E-state index contributed by atoms with van der Waals surface area (Å²) < 4.78 is 11.0. The molecule has 2 unspecified atom stereocenters. The first kappa shape index (κ1) is 20.4. The maximum atomic E-state index is 12.5. The average Bonchev–Trinajstić information content (AvgIpc) is 3.09. The zero-order chi connectivity index (χ0) is 21.0. The van der Waals surface area contributed by atoms with Crippen LogP contribution in [-0.4, -0.2) is 61.1 Å². The Kier molecular flexibility index (Phi) is 6.20. The standard InChI is InChI=1S/C19H23N3O7/c1-11(18(26)20-5-4-17(24)25)21-19(27)12-8-16(23)22(10-12)13-2-3-14-15(9-13)29-7-6-28-14/h2-3,9,11-12H,4-8,10H2,1H3,(H,20,26)(H,21,27)(H,24,25). The first-order valence-corrected chi connectivity index (χ1v) is 9.35. The molecule has 2 aliphatic heterocycles. The molecule has 0 radical (unpaired) electrons. The number of fused-ring (bicyclic) bond motifs is 1. The lowest BCUT2D eigenvalue weighted by Crippen LogP contribution is -2.47. The number of carboxylic acid groups (broad SMARTS) is 1. The zero-order valence-corrected chi connectivity index (χ0v) is 16.0. The fourth-order valence-electron chi connectivity index (χ4n) is 3.18. The lowest BCUT2D eigenvalue weighted by atomic mass is 10.1. The third kappa shape index (κ3) is 4.95. The van der Waals surface area contributed by atoms with Crippen molar-refractivity contribution in [2.75, 3.05) is 31.2 Å². The van der Waals surface area contributed by atoms with E-state index in [0.717, 1.165) is 0 Å². The van der Waals surface area contributed by atoms with Crippen LogP contribution in [0.5, 0.6) is 11.5 Å². The molecule has 10 nitrogen and oxygen atoms in total. The van der Waals surface area contributed by atoms with E-state index in [0.29, 0.717) is 30.4 Å². The Morgan fingerprint density at radius 3 is 2.69 bits per heavy atom. The van der Waals surface area contributed by atoms with Gasteiger partial charge in [0.2, 0.25) is 17.7 Å². The lowest BCUT2D eigenvalue weighted by molar-refractivity contribution is -0.137. The molecule has 29 heavy (non-hydrogen) atoms. The van der Waals surface area contributed by atoms with Gasteiger partial charge in [0.15, 0.2) is 11.5 Å². The van der Waals surface area contributed by atoms with Crippen LogP contribution in [0.15, 0.2) is 18.2 Å². The number of rotatable bonds is 7. The van der Waals surface area contributed by atoms with Gasteiger partial charge < -0.3 is 30.1 Å². The molecule has 0 saturated carbocycles. The molecule has 0 spiro atoms. The number of hydrogen-bond acceptors (Lipinski definition) is 6. The summed E-state index contributed by atoms with van der Waals surface area (Å²) in [7, 11) is 0. The van der Waals surface area contributed by atoms with Gasteiger partial charge in [0.1, 0.15) is 19.3 Å². The molecule has 1 saturated heterocycles. The van der Waals surface area contributed by atoms with Gasteiger partial charge in [0.05, 0.1) is 12.3 Å². The number of carbonyl (C=O) groups is 4. The summed E-state index contributed by atoms with van der Waals surface area (Å²) in [6.07, 6.45) is -0.165. The molecule has 1 aromatic rings. The van der Waals surface area contributed by atoms with Crippen molar-refractivity contribution in [3.63, 3.8) is 0 Å². The van der Waals surface area contributed by atoms with Crippen LogP contribution < -0.4 is 25.0 Å². The summed E-state index contributed by atoms with van der Waals surface area (Å²) in [6.45, 7) is 2.58. The first-order valence-electron chi connectivity index (χ1n) is 9.35. The third-order valence-electron chi connectivity index (χ3n) is 4.72. The number of benzene rings is 1. The van der Waals surface area contributed by atoms with Gasteiger partial charge in [-0.05, 0) is 19.1 Å². The molecule has 3 rings (SSSR count). The minimum absolute atomic E-state index is 0.0197. The highest BCUT2D eigenvalue weighted by atomic mass is 16.6. The molecule has 156 valence electrons. The van der Waals surface area contributed by atoms with Crippen molar-refractivity contribution >= 4 is 29.4 Å². The molecular weight excluding hydrogens is 382 g/mol. The van der Waals surface area contributed by atoms with Crippen LogP contribution >= 0.6 is 0 Å². The van der Waals surface area contributed by atoms with Crippen LogP contribution in [0.2, 0.25) is 0 Å². The lowest BCUT2D eigenvalue weighted by Gasteiger charge is -2.22. The Morgan fingerprint density at radius 2 is 1.97 bits per heavy atom. The van der Waals surface area contributed by atoms with E-state index in [-0.39, 0.29) is 31.8 Å². The van der Waals surface area contributed by atoms with Gasteiger partial charge in [0.25, 0.3) is 0 Å². The van der Waals surface area contributed by atoms with E-state index in [1.54, 1.807) is 18.2 Å². The van der Waals surface area contributed by atoms with Gasteiger partial charge in [-0.25, -0.2) is 0 Å². The highest BCUT2D eigenvalue weighted by Crippen LogP contribution is 2.35. The van der Waals surface area contributed by atoms with E-state index in [2.05, 4.69) is 10.6 Å². The molecule has 3 amide bonds. The van der Waals surface area contributed by atoms with Crippen LogP contribution in [0.4, 0.5) is 5.69 Å². The van der Waals surface area contributed by atoms with Crippen molar-refractivity contribution in [3.8, 4) is 11.5 Å². The highest BCUT2D eigenvalue weighted by molar-refractivity contribution is 6.01. The Balaban J connectivity index is 1.56. The highest BCUT2D eigenvalue weighted by Gasteiger charge is 2.36. The Morgan fingerprint density at radius 1 is 1.24 bits per heavy atom. The maximum Gasteiger partial charge on any atom is 0.305 e. The molecule has 2 heterocycles. The molecular formula is C19H23N3O7. The minimum Gasteiger partial charge on any atom is -0.486 e. The molecule has 0 aromatic heterocycles. The molecule has 0 aliphatic carbocycles. The predicted molar refractivity (Wildman–Crippen MR) is 101 cm³/mol. The number of nitrogens with zero attached hydrogens (tertiary/aromatic N) is 1. The van der Waals surface area contributed by atoms with Crippen molar-refractivity contribution < 1.29 is 33.8 Å². The number of hydrogen-bond donors (Lipinski definition) is 3. The van der Waals surface area contributed by atoms with E-state index < -0.39 is 29.7 Å². The molecule has 3 N–H and O–H groups in total. The fraction of sp³-hybridized carbons (Fsp3) is 0.474. The van der Waals surface area contributed by atoms with Crippen LogP contribution in [0.1, 0.15) is 19.8 Å². The predicted octanol–water partition coefficient (Wildman–Crippen LogP) is -0.0937. The summed E-state index contributed by atoms with van der Waals surface area (Å²) in [5.74, 6) is -1.52. The number of amides is 3. The minimum atomic E-state index is -1.02. The third-order valence-corrected chi connectivity index (χ3v) is 4.72. The van der Waals surface area contributed by atoms with Gasteiger partial charge in [-0.3, -0.25) is 19.2 Å². The second-order valence-electron chi connectivity index (χ2n) is 6.90. The second kappa shape index (κ2) is 8.80. The van der Waals surface area contributed by atoms with E-state index in [9.17, 15) is 19.2 Å². The Hall–Kier alpha value is -3.30. The van der Waals surface area contributed by atoms with Gasteiger partial charge >= 0.3 is 5.97 Å². The van der Waals surface area contributed by atoms with Crippen LogP contribution in [-0.2, 0) is 19.2 Å². The number of carbonyl (C=O) groups excluding carboxylic acids is 3. The zero-order valence-electron chi connectivity index (χ0n) is 16.0. The van der Waals surface area contributed by atoms with Gasteiger partial charge in [0, 0.05) is 31.3 Å². The second-order valence-corrected chi connectivity index (χ2v) is 6.90. The van der Waals surface area contributed by atoms with E-state index in [1.807, 2.05) is 0 Å². The smallest absolute Gasteiger partial charge is 0.305 e. The number of carboxylic acids is 1. The van der Waals surface area contributed by atoms with Crippen molar-refractivity contribution in [1.29, 1.82) is 0 Å². The van der Waals surface area contributed by atoms with Crippen molar-refractivity contribution in [3.05, 3.63) is 18.2 Å². The Labute approximate surface area is 167 Å². The van der Waals surface area contributed by atoms with Crippen molar-refractivity contribution in [2.24, 2.45) is 5.92 Å². The molecule has 1 fully saturated rings. The van der Waals surface area contributed by atoms with Gasteiger partial charge in [-0.1, -0.05) is 0 Å². The van der Waals surface area contributed by atoms with E-state index >= 15 is 0 Å². The molecule has 2 atom stereocenters. The summed E-state index contributed by atoms with van der Waals surface area (Å²) in [4.78, 5) is 48.9. The topological polar surface area (TPSA) is 134 Å². The van der Waals surface area contributed by atoms with E-state index in [1.165, 1.54) is 11.8 Å². The number of anilines is 1. The van der Waals surface area contributed by atoms with E-state index in [4.69, 9.17) is 14.6 Å². The number of ether oxygens (including phenoxy) is 2. The molecule has 2 aliphatic rings. The normalized spacial score (nSPS) is 18.9. The first-order chi connectivity index (χ1) is 13.8. The maximum absolute atomic E-state index is 12.5. The summed E-state index contributed by atoms with van der Waals surface area (Å²) >= 11 is 0. The number of nitrogens with one attached hydrogen (secondary N) is 2. The Bertz CT molecular complexity index is 826. The average molecular weight is 405 g/mol. The van der Waals surface area contributed by atoms with Crippen LogP contribution in [0.25, 0.3) is 0 Å². The van der Waals surface area contributed by atoms with Gasteiger partial charge in [-0.2, -0.15) is 0 Å².